The number of rotatable bonds is 6. The molecule has 0 atom stereocenters. The lowest BCUT2D eigenvalue weighted by Crippen LogP contribution is -2.28. The molecule has 0 saturated carbocycles. The third kappa shape index (κ3) is 4.76. The van der Waals surface area contributed by atoms with Gasteiger partial charge >= 0.3 is 0 Å². The zero-order chi connectivity index (χ0) is 20.9. The minimum Gasteiger partial charge on any atom is -0.339 e. The molecule has 0 aliphatic carbocycles. The van der Waals surface area contributed by atoms with Crippen LogP contribution in [-0.2, 0) is 17.6 Å². The maximum absolute atomic E-state index is 12.8. The molecule has 0 bridgehead atoms. The van der Waals surface area contributed by atoms with Crippen molar-refractivity contribution in [3.05, 3.63) is 81.3 Å². The van der Waals surface area contributed by atoms with Gasteiger partial charge in [-0.2, -0.15) is 0 Å². The number of benzene rings is 2. The van der Waals surface area contributed by atoms with Gasteiger partial charge in [0.25, 0.3) is 5.91 Å². The minimum atomic E-state index is -0.125. The topological polar surface area (TPSA) is 62.3 Å². The normalized spacial score (nSPS) is 13.4. The van der Waals surface area contributed by atoms with Gasteiger partial charge in [0.15, 0.2) is 0 Å². The van der Waals surface area contributed by atoms with E-state index in [1.807, 2.05) is 53.6 Å². The van der Waals surface area contributed by atoms with Gasteiger partial charge in [0.05, 0.1) is 17.1 Å². The van der Waals surface area contributed by atoms with Gasteiger partial charge in [-0.3, -0.25) is 9.59 Å². The molecule has 1 aromatic heterocycles. The fraction of sp³-hybridized carbons (Fsp3) is 0.292. The molecule has 6 heteroatoms. The largest absolute Gasteiger partial charge is 0.339 e. The lowest BCUT2D eigenvalue weighted by molar-refractivity contribution is -0.115. The molecule has 2 aromatic carbocycles. The lowest BCUT2D eigenvalue weighted by atomic mass is 10.1. The summed E-state index contributed by atoms with van der Waals surface area (Å²) in [6, 6.07) is 15.7. The van der Waals surface area contributed by atoms with Gasteiger partial charge in [0.2, 0.25) is 5.91 Å². The van der Waals surface area contributed by atoms with Crippen molar-refractivity contribution in [3.8, 4) is 0 Å². The maximum atomic E-state index is 12.8. The van der Waals surface area contributed by atoms with E-state index in [9.17, 15) is 9.59 Å². The molecule has 4 rings (SSSR count). The number of thiazole rings is 1. The van der Waals surface area contributed by atoms with E-state index in [4.69, 9.17) is 0 Å². The Bertz CT molecular complexity index is 1040. The van der Waals surface area contributed by atoms with E-state index in [1.165, 1.54) is 5.56 Å². The van der Waals surface area contributed by atoms with Crippen LogP contribution in [0.5, 0.6) is 0 Å². The molecule has 1 N–H and O–H groups in total. The lowest BCUT2D eigenvalue weighted by Gasteiger charge is -2.18. The van der Waals surface area contributed by atoms with Gasteiger partial charge < -0.3 is 10.2 Å². The summed E-state index contributed by atoms with van der Waals surface area (Å²) in [5.74, 6) is -0.0772. The number of carbonyl (C=O) groups is 2. The molecule has 1 aliphatic rings. The molecule has 5 nitrogen and oxygen atoms in total. The van der Waals surface area contributed by atoms with Crippen molar-refractivity contribution in [1.82, 2.24) is 9.88 Å². The van der Waals surface area contributed by atoms with Gasteiger partial charge in [-0.15, -0.1) is 11.3 Å². The van der Waals surface area contributed by atoms with E-state index >= 15 is 0 Å². The fourth-order valence-corrected chi connectivity index (χ4v) is 4.56. The number of likely N-dealkylation sites (tertiary alicyclic amines) is 1. The van der Waals surface area contributed by atoms with Crippen LogP contribution in [-0.4, -0.2) is 34.8 Å². The van der Waals surface area contributed by atoms with Crippen LogP contribution in [0.3, 0.4) is 0 Å². The van der Waals surface area contributed by atoms with Crippen LogP contribution < -0.4 is 5.32 Å². The Morgan fingerprint density at radius 1 is 1.07 bits per heavy atom. The monoisotopic (exact) mass is 419 g/mol. The fourth-order valence-electron chi connectivity index (χ4n) is 3.73. The van der Waals surface area contributed by atoms with Crippen LogP contribution in [0.25, 0.3) is 0 Å². The van der Waals surface area contributed by atoms with Gasteiger partial charge in [0.1, 0.15) is 0 Å². The zero-order valence-electron chi connectivity index (χ0n) is 17.1. The van der Waals surface area contributed by atoms with Crippen molar-refractivity contribution in [1.29, 1.82) is 0 Å². The molecule has 0 spiro atoms. The number of carbonyl (C=O) groups excluding carboxylic acids is 2. The number of hydrogen-bond acceptors (Lipinski definition) is 4. The summed E-state index contributed by atoms with van der Waals surface area (Å²) in [7, 11) is 0. The first-order chi connectivity index (χ1) is 14.6. The van der Waals surface area contributed by atoms with Gasteiger partial charge in [0, 0.05) is 36.1 Å². The minimum absolute atomic E-state index is 0.0474. The molecular formula is C24H25N3O2S. The molecule has 0 radical (unpaired) electrons. The second-order valence-corrected chi connectivity index (χ2v) is 8.54. The number of hydrogen-bond donors (Lipinski definition) is 1. The summed E-state index contributed by atoms with van der Waals surface area (Å²) in [6.07, 6.45) is 3.10. The number of anilines is 1. The molecule has 1 fully saturated rings. The Morgan fingerprint density at radius 2 is 1.83 bits per heavy atom. The first-order valence-electron chi connectivity index (χ1n) is 10.3. The molecule has 3 aromatic rings. The zero-order valence-corrected chi connectivity index (χ0v) is 17.9. The average molecular weight is 420 g/mol. The Balaban J connectivity index is 1.39. The average Bonchev–Trinajstić information content (AvgIpc) is 3.42. The summed E-state index contributed by atoms with van der Waals surface area (Å²) in [5.41, 5.74) is 4.13. The molecule has 1 saturated heterocycles. The van der Waals surface area contributed by atoms with Crippen molar-refractivity contribution < 1.29 is 9.59 Å². The number of amides is 2. The second kappa shape index (κ2) is 9.22. The Kier molecular flexibility index (Phi) is 6.23. The highest BCUT2D eigenvalue weighted by Crippen LogP contribution is 2.23. The molecule has 2 amide bonds. The predicted molar refractivity (Wildman–Crippen MR) is 120 cm³/mol. The molecule has 0 unspecified atom stereocenters. The molecule has 1 aliphatic heterocycles. The summed E-state index contributed by atoms with van der Waals surface area (Å²) < 4.78 is 0. The van der Waals surface area contributed by atoms with Crippen molar-refractivity contribution in [2.45, 2.75) is 32.6 Å². The molecule has 30 heavy (non-hydrogen) atoms. The van der Waals surface area contributed by atoms with Gasteiger partial charge in [-0.1, -0.05) is 36.4 Å². The Labute approximate surface area is 180 Å². The third-order valence-corrected chi connectivity index (χ3v) is 6.27. The summed E-state index contributed by atoms with van der Waals surface area (Å²) in [6.45, 7) is 3.51. The van der Waals surface area contributed by atoms with Crippen molar-refractivity contribution in [2.75, 3.05) is 18.4 Å². The molecule has 154 valence electrons. The first-order valence-corrected chi connectivity index (χ1v) is 11.1. The van der Waals surface area contributed by atoms with E-state index in [0.29, 0.717) is 11.3 Å². The molecule has 2 heterocycles. The third-order valence-electron chi connectivity index (χ3n) is 5.37. The number of nitrogens with zero attached hydrogens (tertiary/aromatic N) is 2. The van der Waals surface area contributed by atoms with Crippen LogP contribution in [0.15, 0.2) is 53.9 Å². The van der Waals surface area contributed by atoms with Crippen molar-refractivity contribution in [3.63, 3.8) is 0 Å². The second-order valence-electron chi connectivity index (χ2n) is 7.60. The summed E-state index contributed by atoms with van der Waals surface area (Å²) in [4.78, 5) is 31.8. The summed E-state index contributed by atoms with van der Waals surface area (Å²) in [5, 5.41) is 5.90. The van der Waals surface area contributed by atoms with Crippen molar-refractivity contribution in [2.24, 2.45) is 0 Å². The highest BCUT2D eigenvalue weighted by atomic mass is 32.1. The SMILES string of the molecule is Cc1c(NC(=O)Cc2csc(Cc3ccccc3)n2)cccc1C(=O)N1CCCC1. The van der Waals surface area contributed by atoms with E-state index < -0.39 is 0 Å². The van der Waals surface area contributed by atoms with E-state index in [-0.39, 0.29) is 18.2 Å². The van der Waals surface area contributed by atoms with E-state index in [2.05, 4.69) is 22.4 Å². The van der Waals surface area contributed by atoms with Crippen molar-refractivity contribution >= 4 is 28.8 Å². The quantitative estimate of drug-likeness (QED) is 0.642. The Hall–Kier alpha value is -2.99. The van der Waals surface area contributed by atoms with Crippen LogP contribution in [0.2, 0.25) is 0 Å². The number of aromatic nitrogens is 1. The standard InChI is InChI=1S/C24H25N3O2S/c1-17-20(24(29)27-12-5-6-13-27)10-7-11-21(17)26-22(28)15-19-16-30-23(25-19)14-18-8-3-2-4-9-18/h2-4,7-11,16H,5-6,12-15H2,1H3,(H,26,28). The van der Waals surface area contributed by atoms with Gasteiger partial charge in [-0.05, 0) is 43.0 Å². The van der Waals surface area contributed by atoms with E-state index in [1.54, 1.807) is 11.3 Å². The molecular weight excluding hydrogens is 394 g/mol. The van der Waals surface area contributed by atoms with E-state index in [0.717, 1.165) is 48.6 Å². The Morgan fingerprint density at radius 3 is 2.60 bits per heavy atom. The highest BCUT2D eigenvalue weighted by molar-refractivity contribution is 7.09. The van der Waals surface area contributed by atoms with Gasteiger partial charge in [-0.25, -0.2) is 4.98 Å². The predicted octanol–water partition coefficient (Wildman–Crippen LogP) is 4.46. The van der Waals surface area contributed by atoms with Crippen LogP contribution in [0, 0.1) is 6.92 Å². The smallest absolute Gasteiger partial charge is 0.254 e. The van der Waals surface area contributed by atoms with Crippen LogP contribution in [0.4, 0.5) is 5.69 Å². The van der Waals surface area contributed by atoms with Crippen LogP contribution >= 0.6 is 11.3 Å². The maximum Gasteiger partial charge on any atom is 0.254 e. The summed E-state index contributed by atoms with van der Waals surface area (Å²) >= 11 is 1.57. The number of nitrogens with one attached hydrogen (secondary N) is 1. The highest BCUT2D eigenvalue weighted by Gasteiger charge is 2.22. The van der Waals surface area contributed by atoms with Crippen LogP contribution in [0.1, 0.15) is 45.0 Å². The first kappa shape index (κ1) is 20.3.